The highest BCUT2D eigenvalue weighted by atomic mass is 16.2. The van der Waals surface area contributed by atoms with Crippen molar-refractivity contribution in [2.75, 3.05) is 6.54 Å². The van der Waals surface area contributed by atoms with Crippen LogP contribution in [0.25, 0.3) is 0 Å². The molecule has 3 heteroatoms. The highest BCUT2D eigenvalue weighted by Crippen LogP contribution is 2.27. The minimum atomic E-state index is 0.0691. The topological polar surface area (TPSA) is 41.1 Å². The Bertz CT molecular complexity index is 228. The van der Waals surface area contributed by atoms with Gasteiger partial charge in [0.2, 0.25) is 5.91 Å². The molecule has 2 N–H and O–H groups in total. The van der Waals surface area contributed by atoms with Crippen LogP contribution in [-0.4, -0.2) is 24.0 Å². The summed E-state index contributed by atoms with van der Waals surface area (Å²) < 4.78 is 0. The number of amides is 1. The molecule has 1 amide bonds. The van der Waals surface area contributed by atoms with Crippen molar-refractivity contribution < 1.29 is 4.79 Å². The van der Waals surface area contributed by atoms with Gasteiger partial charge in [-0.2, -0.15) is 0 Å². The molecule has 0 aromatic heterocycles. The van der Waals surface area contributed by atoms with Crippen LogP contribution in [0.15, 0.2) is 0 Å². The summed E-state index contributed by atoms with van der Waals surface area (Å²) in [4.78, 5) is 11.9. The number of nitrogens with one attached hydrogen (secondary N) is 2. The summed E-state index contributed by atoms with van der Waals surface area (Å²) in [5, 5.41) is 6.49. The number of hydrogen-bond acceptors (Lipinski definition) is 2. The molecular weight excluding hydrogens is 188 g/mol. The fraction of sp³-hybridized carbons (Fsp3) is 0.917. The van der Waals surface area contributed by atoms with E-state index >= 15 is 0 Å². The van der Waals surface area contributed by atoms with Crippen LogP contribution in [0.2, 0.25) is 0 Å². The second-order valence-corrected chi connectivity index (χ2v) is 5.26. The summed E-state index contributed by atoms with van der Waals surface area (Å²) in [6.07, 6.45) is 8.27. The Morgan fingerprint density at radius 1 is 1.27 bits per heavy atom. The molecule has 3 nitrogen and oxygen atoms in total. The van der Waals surface area contributed by atoms with Crippen molar-refractivity contribution in [2.45, 2.75) is 63.5 Å². The summed E-state index contributed by atoms with van der Waals surface area (Å²) in [5.74, 6) is 0.219. The van der Waals surface area contributed by atoms with Crippen molar-refractivity contribution >= 4 is 5.91 Å². The fourth-order valence-electron chi connectivity index (χ4n) is 2.75. The first-order chi connectivity index (χ1) is 7.20. The summed E-state index contributed by atoms with van der Waals surface area (Å²) >= 11 is 0. The van der Waals surface area contributed by atoms with Gasteiger partial charge in [-0.15, -0.1) is 0 Å². The van der Waals surface area contributed by atoms with Gasteiger partial charge in [0, 0.05) is 5.54 Å². The average molecular weight is 210 g/mol. The molecule has 0 bridgehead atoms. The molecule has 0 aromatic rings. The molecule has 0 radical (unpaired) electrons. The molecule has 0 aromatic carbocycles. The van der Waals surface area contributed by atoms with Crippen LogP contribution in [0.5, 0.6) is 0 Å². The number of rotatable bonds is 2. The van der Waals surface area contributed by atoms with E-state index in [4.69, 9.17) is 0 Å². The molecule has 0 unspecified atom stereocenters. The van der Waals surface area contributed by atoms with E-state index in [1.54, 1.807) is 0 Å². The van der Waals surface area contributed by atoms with Crippen LogP contribution in [0, 0.1) is 0 Å². The summed E-state index contributed by atoms with van der Waals surface area (Å²) in [5.41, 5.74) is 0.0691. The molecule has 1 aliphatic carbocycles. The summed E-state index contributed by atoms with van der Waals surface area (Å²) in [6.45, 7) is 3.19. The van der Waals surface area contributed by atoms with Crippen molar-refractivity contribution in [3.05, 3.63) is 0 Å². The predicted molar refractivity (Wildman–Crippen MR) is 60.7 cm³/mol. The predicted octanol–water partition coefficient (Wildman–Crippen LogP) is 1.58. The Balaban J connectivity index is 1.86. The van der Waals surface area contributed by atoms with E-state index in [0.29, 0.717) is 0 Å². The molecule has 2 aliphatic rings. The Hall–Kier alpha value is -0.570. The Kier molecular flexibility index (Phi) is 3.29. The van der Waals surface area contributed by atoms with E-state index in [2.05, 4.69) is 17.6 Å². The van der Waals surface area contributed by atoms with Gasteiger partial charge in [-0.25, -0.2) is 0 Å². The van der Waals surface area contributed by atoms with Gasteiger partial charge in [0.15, 0.2) is 0 Å². The fourth-order valence-corrected chi connectivity index (χ4v) is 2.75. The van der Waals surface area contributed by atoms with Gasteiger partial charge < -0.3 is 10.6 Å². The van der Waals surface area contributed by atoms with E-state index in [-0.39, 0.29) is 17.5 Å². The second-order valence-electron chi connectivity index (χ2n) is 5.26. The third-order valence-electron chi connectivity index (χ3n) is 3.76. The highest BCUT2D eigenvalue weighted by Gasteiger charge is 2.31. The van der Waals surface area contributed by atoms with Crippen LogP contribution in [0.1, 0.15) is 51.9 Å². The normalized spacial score (nSPS) is 30.1. The van der Waals surface area contributed by atoms with E-state index in [0.717, 1.165) is 32.2 Å². The van der Waals surface area contributed by atoms with Gasteiger partial charge in [0.25, 0.3) is 0 Å². The lowest BCUT2D eigenvalue weighted by Crippen LogP contribution is -2.52. The van der Waals surface area contributed by atoms with Crippen molar-refractivity contribution in [3.63, 3.8) is 0 Å². The molecular formula is C12H22N2O. The molecule has 0 spiro atoms. The van der Waals surface area contributed by atoms with Crippen LogP contribution < -0.4 is 10.6 Å². The van der Waals surface area contributed by atoms with Gasteiger partial charge >= 0.3 is 0 Å². The Labute approximate surface area is 92.0 Å². The molecule has 1 saturated heterocycles. The first-order valence-corrected chi connectivity index (χ1v) is 6.25. The average Bonchev–Trinajstić information content (AvgIpc) is 2.70. The molecule has 2 fully saturated rings. The summed E-state index contributed by atoms with van der Waals surface area (Å²) in [7, 11) is 0. The molecule has 2 rings (SSSR count). The zero-order valence-electron chi connectivity index (χ0n) is 9.64. The van der Waals surface area contributed by atoms with Crippen molar-refractivity contribution in [1.82, 2.24) is 10.6 Å². The lowest BCUT2D eigenvalue weighted by molar-refractivity contribution is -0.124. The smallest absolute Gasteiger partial charge is 0.237 e. The minimum Gasteiger partial charge on any atom is -0.350 e. The maximum Gasteiger partial charge on any atom is 0.237 e. The lowest BCUT2D eigenvalue weighted by atomic mass is 9.83. The third-order valence-corrected chi connectivity index (χ3v) is 3.76. The highest BCUT2D eigenvalue weighted by molar-refractivity contribution is 5.82. The molecule has 1 heterocycles. The van der Waals surface area contributed by atoms with Crippen molar-refractivity contribution in [3.8, 4) is 0 Å². The van der Waals surface area contributed by atoms with Gasteiger partial charge in [0.05, 0.1) is 6.04 Å². The van der Waals surface area contributed by atoms with Gasteiger partial charge in [-0.3, -0.25) is 4.79 Å². The molecule has 15 heavy (non-hydrogen) atoms. The number of hydrogen-bond donors (Lipinski definition) is 2. The van der Waals surface area contributed by atoms with E-state index < -0.39 is 0 Å². The number of carbonyl (C=O) groups is 1. The Morgan fingerprint density at radius 3 is 2.60 bits per heavy atom. The van der Waals surface area contributed by atoms with E-state index in [1.807, 2.05) is 0 Å². The summed E-state index contributed by atoms with van der Waals surface area (Å²) in [6, 6.07) is 0.0729. The zero-order chi connectivity index (χ0) is 10.7. The van der Waals surface area contributed by atoms with E-state index in [9.17, 15) is 4.79 Å². The first-order valence-electron chi connectivity index (χ1n) is 6.25. The van der Waals surface area contributed by atoms with Gasteiger partial charge in [-0.1, -0.05) is 19.3 Å². The quantitative estimate of drug-likeness (QED) is 0.726. The number of carbonyl (C=O) groups excluding carboxylic acids is 1. The van der Waals surface area contributed by atoms with Gasteiger partial charge in [0.1, 0.15) is 0 Å². The van der Waals surface area contributed by atoms with Crippen LogP contribution >= 0.6 is 0 Å². The molecule has 1 atom stereocenters. The first kappa shape index (κ1) is 10.9. The van der Waals surface area contributed by atoms with Crippen LogP contribution in [0.4, 0.5) is 0 Å². The molecule has 86 valence electrons. The van der Waals surface area contributed by atoms with E-state index in [1.165, 1.54) is 19.3 Å². The molecule has 1 saturated carbocycles. The minimum absolute atomic E-state index is 0.0691. The maximum absolute atomic E-state index is 11.9. The van der Waals surface area contributed by atoms with Crippen LogP contribution in [-0.2, 0) is 4.79 Å². The Morgan fingerprint density at radius 2 is 2.00 bits per heavy atom. The largest absolute Gasteiger partial charge is 0.350 e. The SMILES string of the molecule is CC1(NC(=O)[C@H]2CCCN2)CCCCC1. The standard InChI is InChI=1S/C12H22N2O/c1-12(7-3-2-4-8-12)14-11(15)10-6-5-9-13-10/h10,13H,2-9H2,1H3,(H,14,15)/t10-/m1/s1. The van der Waals surface area contributed by atoms with Gasteiger partial charge in [-0.05, 0) is 39.2 Å². The van der Waals surface area contributed by atoms with Crippen molar-refractivity contribution in [1.29, 1.82) is 0 Å². The monoisotopic (exact) mass is 210 g/mol. The molecule has 1 aliphatic heterocycles. The van der Waals surface area contributed by atoms with Crippen LogP contribution in [0.3, 0.4) is 0 Å². The lowest BCUT2D eigenvalue weighted by Gasteiger charge is -2.35. The van der Waals surface area contributed by atoms with Crippen molar-refractivity contribution in [2.24, 2.45) is 0 Å². The zero-order valence-corrected chi connectivity index (χ0v) is 9.64. The third kappa shape index (κ3) is 2.71. The maximum atomic E-state index is 11.9. The second kappa shape index (κ2) is 4.52.